The smallest absolute Gasteiger partial charge is 0.302 e. The van der Waals surface area contributed by atoms with Gasteiger partial charge in [0.1, 0.15) is 18.3 Å². The van der Waals surface area contributed by atoms with Crippen LogP contribution in [0.4, 0.5) is 0 Å². The van der Waals surface area contributed by atoms with Gasteiger partial charge in [-0.2, -0.15) is 0 Å². The van der Waals surface area contributed by atoms with Crippen LogP contribution in [0.15, 0.2) is 0 Å². The fourth-order valence-corrected chi connectivity index (χ4v) is 13.0. The standard InChI is InChI=1S/C36H56O8/c1-20(37)41-23-17-25-30(4,5)26(43-22(3)39)12-14-35(25)19-36(35)16-15-32(8)28(34(10)13-11-27(44-34)31(6,7)40)24(42-21(2)38)18-33(32,9)29(23)36/h23-29,40H,11-19H2,1-10H3/t23-,24-,25-,26-,27-,28-,29-,32+,33-,34+,35+,36-/m0/s1. The molecule has 248 valence electrons. The molecule has 12 atom stereocenters. The Morgan fingerprint density at radius 2 is 1.36 bits per heavy atom. The van der Waals surface area contributed by atoms with Crippen LogP contribution in [0.2, 0.25) is 0 Å². The molecule has 1 heterocycles. The molecule has 0 bridgehead atoms. The summed E-state index contributed by atoms with van der Waals surface area (Å²) in [6.07, 6.45) is 6.92. The van der Waals surface area contributed by atoms with E-state index in [2.05, 4.69) is 34.6 Å². The third-order valence-corrected chi connectivity index (χ3v) is 14.6. The quantitative estimate of drug-likeness (QED) is 0.290. The molecule has 1 saturated heterocycles. The zero-order chi connectivity index (χ0) is 32.5. The maximum atomic E-state index is 12.8. The monoisotopic (exact) mass is 616 g/mol. The van der Waals surface area contributed by atoms with Crippen LogP contribution >= 0.6 is 0 Å². The van der Waals surface area contributed by atoms with Crippen LogP contribution in [0, 0.1) is 44.8 Å². The number of carbonyl (C=O) groups excluding carboxylic acids is 3. The second kappa shape index (κ2) is 9.68. The molecule has 5 aliphatic carbocycles. The second-order valence-corrected chi connectivity index (χ2v) is 17.6. The maximum absolute atomic E-state index is 12.8. The van der Waals surface area contributed by atoms with E-state index in [9.17, 15) is 19.5 Å². The average Bonchev–Trinajstić information content (AvgIpc) is 3.21. The molecule has 44 heavy (non-hydrogen) atoms. The van der Waals surface area contributed by atoms with Crippen LogP contribution < -0.4 is 0 Å². The Labute approximate surface area is 263 Å². The molecule has 6 rings (SSSR count). The summed E-state index contributed by atoms with van der Waals surface area (Å²) >= 11 is 0. The van der Waals surface area contributed by atoms with Gasteiger partial charge in [0.2, 0.25) is 0 Å². The number of hydrogen-bond donors (Lipinski definition) is 1. The molecule has 0 aromatic carbocycles. The zero-order valence-corrected chi connectivity index (χ0v) is 28.7. The predicted molar refractivity (Wildman–Crippen MR) is 163 cm³/mol. The predicted octanol–water partition coefficient (Wildman–Crippen LogP) is 6.15. The van der Waals surface area contributed by atoms with E-state index in [1.807, 2.05) is 13.8 Å². The molecule has 6 aliphatic rings. The van der Waals surface area contributed by atoms with Crippen LogP contribution in [-0.2, 0) is 33.3 Å². The van der Waals surface area contributed by atoms with Crippen LogP contribution in [-0.4, -0.2) is 58.6 Å². The van der Waals surface area contributed by atoms with E-state index in [0.717, 1.165) is 51.4 Å². The van der Waals surface area contributed by atoms with Gasteiger partial charge in [-0.15, -0.1) is 0 Å². The van der Waals surface area contributed by atoms with E-state index in [0.29, 0.717) is 6.42 Å². The highest BCUT2D eigenvalue weighted by molar-refractivity contribution is 5.67. The summed E-state index contributed by atoms with van der Waals surface area (Å²) in [6.45, 7) is 19.6. The number of aliphatic hydroxyl groups is 1. The molecule has 6 fully saturated rings. The molecule has 1 N–H and O–H groups in total. The van der Waals surface area contributed by atoms with Crippen molar-refractivity contribution < 1.29 is 38.4 Å². The molecule has 5 saturated carbocycles. The number of ether oxygens (including phenoxy) is 4. The van der Waals surface area contributed by atoms with E-state index in [-0.39, 0.29) is 87.2 Å². The summed E-state index contributed by atoms with van der Waals surface area (Å²) < 4.78 is 25.3. The van der Waals surface area contributed by atoms with Gasteiger partial charge in [-0.1, -0.05) is 27.7 Å². The number of esters is 3. The topological polar surface area (TPSA) is 108 Å². The van der Waals surface area contributed by atoms with Crippen molar-refractivity contribution in [3.05, 3.63) is 0 Å². The lowest BCUT2D eigenvalue weighted by Crippen LogP contribution is -2.63. The van der Waals surface area contributed by atoms with E-state index in [1.54, 1.807) is 0 Å². The van der Waals surface area contributed by atoms with Crippen LogP contribution in [0.25, 0.3) is 0 Å². The highest BCUT2D eigenvalue weighted by atomic mass is 16.6. The second-order valence-electron chi connectivity index (χ2n) is 17.6. The minimum Gasteiger partial charge on any atom is -0.462 e. The van der Waals surface area contributed by atoms with Gasteiger partial charge in [-0.05, 0) is 106 Å². The van der Waals surface area contributed by atoms with Crippen LogP contribution in [0.3, 0.4) is 0 Å². The number of hydrogen-bond acceptors (Lipinski definition) is 8. The summed E-state index contributed by atoms with van der Waals surface area (Å²) in [5, 5.41) is 10.9. The Morgan fingerprint density at radius 1 is 0.750 bits per heavy atom. The maximum Gasteiger partial charge on any atom is 0.302 e. The van der Waals surface area contributed by atoms with Crippen molar-refractivity contribution in [2.75, 3.05) is 0 Å². The lowest BCUT2D eigenvalue weighted by Gasteiger charge is -2.65. The fourth-order valence-electron chi connectivity index (χ4n) is 13.0. The third-order valence-electron chi connectivity index (χ3n) is 14.6. The molecule has 1 aliphatic heterocycles. The van der Waals surface area contributed by atoms with Crippen molar-refractivity contribution in [3.8, 4) is 0 Å². The number of rotatable bonds is 5. The Bertz CT molecular complexity index is 1240. The first kappa shape index (κ1) is 32.3. The SMILES string of the molecule is CC(=O)O[C@H]1C[C@H]2C(C)(C)[C@@H](OC(C)=O)CC[C@@]23C[C@]32CC[C@]3(C)[C@@H]([C@@]4(C)CC[C@@H](C(C)(C)O)O4)[C@@H](OC(C)=O)C[C@@]3(C)[C@H]12. The lowest BCUT2D eigenvalue weighted by atomic mass is 9.41. The summed E-state index contributed by atoms with van der Waals surface area (Å²) in [4.78, 5) is 37.5. The molecule has 0 unspecified atom stereocenters. The molecule has 2 spiro atoms. The normalized spacial score (nSPS) is 50.4. The van der Waals surface area contributed by atoms with Crippen LogP contribution in [0.5, 0.6) is 0 Å². The summed E-state index contributed by atoms with van der Waals surface area (Å²) in [6, 6.07) is 0. The first-order valence-corrected chi connectivity index (χ1v) is 17.1. The zero-order valence-electron chi connectivity index (χ0n) is 28.7. The minimum atomic E-state index is -0.967. The van der Waals surface area contributed by atoms with Crippen molar-refractivity contribution in [1.29, 1.82) is 0 Å². The largest absolute Gasteiger partial charge is 0.462 e. The minimum absolute atomic E-state index is 0.0193. The first-order valence-electron chi connectivity index (χ1n) is 17.1. The van der Waals surface area contributed by atoms with Gasteiger partial charge in [0.25, 0.3) is 0 Å². The highest BCUT2D eigenvalue weighted by Gasteiger charge is 2.86. The third kappa shape index (κ3) is 4.24. The fraction of sp³-hybridized carbons (Fsp3) is 0.917. The highest BCUT2D eigenvalue weighted by Crippen LogP contribution is 2.89. The Hall–Kier alpha value is -1.67. The average molecular weight is 617 g/mol. The molecule has 0 radical (unpaired) electrons. The van der Waals surface area contributed by atoms with Crippen molar-refractivity contribution in [2.45, 2.75) is 163 Å². The Morgan fingerprint density at radius 3 is 1.93 bits per heavy atom. The molecular formula is C36H56O8. The van der Waals surface area contributed by atoms with Gasteiger partial charge in [-0.3, -0.25) is 14.4 Å². The molecule has 0 aromatic heterocycles. The molecular weight excluding hydrogens is 560 g/mol. The Balaban J connectivity index is 1.43. The van der Waals surface area contributed by atoms with E-state index < -0.39 is 11.2 Å². The van der Waals surface area contributed by atoms with Gasteiger partial charge in [-0.25, -0.2) is 0 Å². The summed E-state index contributed by atoms with van der Waals surface area (Å²) in [7, 11) is 0. The van der Waals surface area contributed by atoms with E-state index in [4.69, 9.17) is 18.9 Å². The van der Waals surface area contributed by atoms with Crippen molar-refractivity contribution >= 4 is 17.9 Å². The van der Waals surface area contributed by atoms with E-state index in [1.165, 1.54) is 20.8 Å². The van der Waals surface area contributed by atoms with Crippen molar-refractivity contribution in [3.63, 3.8) is 0 Å². The van der Waals surface area contributed by atoms with Gasteiger partial charge in [0.15, 0.2) is 0 Å². The molecule has 0 amide bonds. The van der Waals surface area contributed by atoms with Crippen molar-refractivity contribution in [2.24, 2.45) is 44.8 Å². The van der Waals surface area contributed by atoms with Gasteiger partial charge < -0.3 is 24.1 Å². The molecule has 8 nitrogen and oxygen atoms in total. The van der Waals surface area contributed by atoms with E-state index >= 15 is 0 Å². The lowest BCUT2D eigenvalue weighted by molar-refractivity contribution is -0.227. The van der Waals surface area contributed by atoms with Crippen molar-refractivity contribution in [1.82, 2.24) is 0 Å². The summed E-state index contributed by atoms with van der Waals surface area (Å²) in [5.74, 6) is -0.451. The van der Waals surface area contributed by atoms with Gasteiger partial charge in [0.05, 0.1) is 17.3 Å². The molecule has 8 heteroatoms. The van der Waals surface area contributed by atoms with Gasteiger partial charge in [0, 0.05) is 38.0 Å². The Kier molecular flexibility index (Phi) is 7.10. The molecule has 0 aromatic rings. The first-order chi connectivity index (χ1) is 20.2. The summed E-state index contributed by atoms with van der Waals surface area (Å²) in [5.41, 5.74) is -2.16. The number of carbonyl (C=O) groups is 3. The van der Waals surface area contributed by atoms with Crippen LogP contribution in [0.1, 0.15) is 127 Å². The number of fused-ring (bicyclic) bond motifs is 2. The van der Waals surface area contributed by atoms with Gasteiger partial charge >= 0.3 is 17.9 Å².